The highest BCUT2D eigenvalue weighted by molar-refractivity contribution is 8.00. The maximum Gasteiger partial charge on any atom is 0.319 e. The predicted molar refractivity (Wildman–Crippen MR) is 111 cm³/mol. The Labute approximate surface area is 164 Å². The van der Waals surface area contributed by atoms with E-state index < -0.39 is 0 Å². The van der Waals surface area contributed by atoms with Gasteiger partial charge in [-0.25, -0.2) is 4.79 Å². The molecule has 2 N–H and O–H groups in total. The van der Waals surface area contributed by atoms with Crippen molar-refractivity contribution in [2.24, 2.45) is 0 Å². The number of amides is 3. The van der Waals surface area contributed by atoms with Crippen LogP contribution >= 0.6 is 11.8 Å². The number of thioether (sulfide) groups is 1. The third-order valence-electron chi connectivity index (χ3n) is 4.61. The molecule has 0 unspecified atom stereocenters. The Morgan fingerprint density at radius 3 is 2.67 bits per heavy atom. The van der Waals surface area contributed by atoms with Gasteiger partial charge in [0.25, 0.3) is 0 Å². The Morgan fingerprint density at radius 2 is 1.96 bits per heavy atom. The molecule has 0 aromatic heterocycles. The number of urea groups is 1. The molecule has 6 heteroatoms. The van der Waals surface area contributed by atoms with Crippen LogP contribution in [-0.4, -0.2) is 23.7 Å². The quantitative estimate of drug-likeness (QED) is 0.796. The number of rotatable bonds is 5. The molecular weight excluding hydrogens is 358 g/mol. The second-order valence-corrected chi connectivity index (χ2v) is 7.86. The van der Waals surface area contributed by atoms with E-state index in [9.17, 15) is 9.59 Å². The van der Waals surface area contributed by atoms with E-state index in [0.29, 0.717) is 18.0 Å². The molecule has 2 aromatic carbocycles. The molecule has 5 nitrogen and oxygen atoms in total. The Morgan fingerprint density at radius 1 is 1.22 bits per heavy atom. The molecule has 142 valence electrons. The first-order chi connectivity index (χ1) is 13.0. The summed E-state index contributed by atoms with van der Waals surface area (Å²) < 4.78 is 0. The first-order valence-corrected chi connectivity index (χ1v) is 10.1. The highest BCUT2D eigenvalue weighted by Crippen LogP contribution is 2.38. The van der Waals surface area contributed by atoms with Crippen LogP contribution in [0.5, 0.6) is 0 Å². The zero-order valence-corrected chi connectivity index (χ0v) is 16.7. The van der Waals surface area contributed by atoms with Crippen molar-refractivity contribution in [1.29, 1.82) is 0 Å². The maximum atomic E-state index is 12.6. The molecule has 0 aliphatic carbocycles. The van der Waals surface area contributed by atoms with Gasteiger partial charge in [0.05, 0.1) is 18.0 Å². The molecule has 1 aliphatic rings. The molecule has 0 radical (unpaired) electrons. The fourth-order valence-electron chi connectivity index (χ4n) is 2.82. The molecule has 3 rings (SSSR count). The lowest BCUT2D eigenvalue weighted by Gasteiger charge is -2.29. The summed E-state index contributed by atoms with van der Waals surface area (Å²) in [4.78, 5) is 27.5. The maximum absolute atomic E-state index is 12.6. The number of carbonyl (C=O) groups is 2. The minimum atomic E-state index is -0.232. The molecule has 0 saturated carbocycles. The molecule has 0 saturated heterocycles. The molecule has 1 atom stereocenters. The van der Waals surface area contributed by atoms with Crippen LogP contribution in [0.15, 0.2) is 47.4 Å². The third kappa shape index (κ3) is 4.83. The average Bonchev–Trinajstić information content (AvgIpc) is 2.65. The Hall–Kier alpha value is -2.47. The van der Waals surface area contributed by atoms with Crippen LogP contribution in [0.3, 0.4) is 0 Å². The zero-order chi connectivity index (χ0) is 19.4. The number of carbonyl (C=O) groups excluding carboxylic acids is 2. The summed E-state index contributed by atoms with van der Waals surface area (Å²) in [5.74, 6) is 0.509. The third-order valence-corrected chi connectivity index (χ3v) is 5.66. The second kappa shape index (κ2) is 8.48. The minimum absolute atomic E-state index is 0.0780. The van der Waals surface area contributed by atoms with Gasteiger partial charge in [-0.1, -0.05) is 36.8 Å². The van der Waals surface area contributed by atoms with Crippen molar-refractivity contribution in [3.05, 3.63) is 53.6 Å². The van der Waals surface area contributed by atoms with Gasteiger partial charge < -0.3 is 15.5 Å². The van der Waals surface area contributed by atoms with Gasteiger partial charge >= 0.3 is 6.03 Å². The molecule has 0 fully saturated rings. The van der Waals surface area contributed by atoms with Gasteiger partial charge in [0, 0.05) is 16.6 Å². The smallest absolute Gasteiger partial charge is 0.319 e. The van der Waals surface area contributed by atoms with Crippen LogP contribution in [0.25, 0.3) is 0 Å². The summed E-state index contributed by atoms with van der Waals surface area (Å²) in [6, 6.07) is 13.8. The molecule has 1 heterocycles. The number of nitrogens with one attached hydrogen (secondary N) is 2. The summed E-state index contributed by atoms with van der Waals surface area (Å²) in [5, 5.41) is 5.75. The van der Waals surface area contributed by atoms with Crippen LogP contribution in [0.4, 0.5) is 16.2 Å². The monoisotopic (exact) mass is 383 g/mol. The van der Waals surface area contributed by atoms with Gasteiger partial charge in [-0.05, 0) is 44.0 Å². The molecule has 2 aromatic rings. The lowest BCUT2D eigenvalue weighted by Crippen LogP contribution is -2.36. The first-order valence-electron chi connectivity index (χ1n) is 9.16. The molecular formula is C21H25N3O2S. The Bertz CT molecular complexity index is 836. The van der Waals surface area contributed by atoms with E-state index in [4.69, 9.17) is 0 Å². The van der Waals surface area contributed by atoms with E-state index >= 15 is 0 Å². The van der Waals surface area contributed by atoms with E-state index in [1.165, 1.54) is 17.3 Å². The van der Waals surface area contributed by atoms with Gasteiger partial charge in [-0.2, -0.15) is 0 Å². The van der Waals surface area contributed by atoms with E-state index in [2.05, 4.69) is 22.8 Å². The van der Waals surface area contributed by atoms with Gasteiger partial charge in [0.2, 0.25) is 5.91 Å². The zero-order valence-electron chi connectivity index (χ0n) is 15.9. The SMILES string of the molecule is CC[C@H](C)NC(=O)Nc1ccc2c(c1)N(Cc1ccc(C)cc1)C(=O)CS2. The van der Waals surface area contributed by atoms with Crippen molar-refractivity contribution in [2.45, 2.75) is 44.7 Å². The van der Waals surface area contributed by atoms with E-state index in [0.717, 1.165) is 22.6 Å². The summed E-state index contributed by atoms with van der Waals surface area (Å²) >= 11 is 1.54. The molecule has 0 spiro atoms. The van der Waals surface area contributed by atoms with Crippen molar-refractivity contribution < 1.29 is 9.59 Å². The van der Waals surface area contributed by atoms with Crippen LogP contribution in [0.1, 0.15) is 31.4 Å². The van der Waals surface area contributed by atoms with Crippen molar-refractivity contribution in [2.75, 3.05) is 16.0 Å². The van der Waals surface area contributed by atoms with Gasteiger partial charge in [-0.3, -0.25) is 4.79 Å². The fourth-order valence-corrected chi connectivity index (χ4v) is 3.74. The van der Waals surface area contributed by atoms with E-state index in [-0.39, 0.29) is 18.0 Å². The van der Waals surface area contributed by atoms with Gasteiger partial charge in [0.15, 0.2) is 0 Å². The first kappa shape index (κ1) is 19.3. The van der Waals surface area contributed by atoms with Crippen molar-refractivity contribution in [1.82, 2.24) is 5.32 Å². The Kier molecular flexibility index (Phi) is 6.06. The average molecular weight is 384 g/mol. The van der Waals surface area contributed by atoms with Gasteiger partial charge in [0.1, 0.15) is 0 Å². The number of fused-ring (bicyclic) bond motifs is 1. The lowest BCUT2D eigenvalue weighted by molar-refractivity contribution is -0.116. The highest BCUT2D eigenvalue weighted by Gasteiger charge is 2.25. The molecule has 27 heavy (non-hydrogen) atoms. The summed E-state index contributed by atoms with van der Waals surface area (Å²) in [6.07, 6.45) is 0.868. The summed E-state index contributed by atoms with van der Waals surface area (Å²) in [6.45, 7) is 6.56. The fraction of sp³-hybridized carbons (Fsp3) is 0.333. The largest absolute Gasteiger partial charge is 0.335 e. The minimum Gasteiger partial charge on any atom is -0.335 e. The van der Waals surface area contributed by atoms with Crippen LogP contribution in [-0.2, 0) is 11.3 Å². The van der Waals surface area contributed by atoms with Crippen molar-refractivity contribution >= 4 is 35.1 Å². The number of benzene rings is 2. The topological polar surface area (TPSA) is 61.4 Å². The number of hydrogen-bond donors (Lipinski definition) is 2. The van der Waals surface area contributed by atoms with Gasteiger partial charge in [-0.15, -0.1) is 11.8 Å². The lowest BCUT2D eigenvalue weighted by atomic mass is 10.1. The molecule has 3 amide bonds. The second-order valence-electron chi connectivity index (χ2n) is 6.84. The predicted octanol–water partition coefficient (Wildman–Crippen LogP) is 4.55. The molecule has 0 bridgehead atoms. The van der Waals surface area contributed by atoms with Crippen LogP contribution in [0.2, 0.25) is 0 Å². The number of hydrogen-bond acceptors (Lipinski definition) is 3. The summed E-state index contributed by atoms with van der Waals surface area (Å²) in [7, 11) is 0. The van der Waals surface area contributed by atoms with E-state index in [1.807, 2.05) is 51.1 Å². The summed E-state index contributed by atoms with van der Waals surface area (Å²) in [5.41, 5.74) is 3.80. The van der Waals surface area contributed by atoms with Crippen molar-refractivity contribution in [3.63, 3.8) is 0 Å². The van der Waals surface area contributed by atoms with Crippen LogP contribution in [0, 0.1) is 6.92 Å². The van der Waals surface area contributed by atoms with E-state index in [1.54, 1.807) is 4.90 Å². The standard InChI is InChI=1S/C21H25N3O2S/c1-4-15(3)22-21(26)23-17-9-10-19-18(11-17)24(20(25)13-27-19)12-16-7-5-14(2)6-8-16/h5-11,15H,4,12-13H2,1-3H3,(H2,22,23,26)/t15-/m0/s1. The highest BCUT2D eigenvalue weighted by atomic mass is 32.2. The number of aryl methyl sites for hydroxylation is 1. The number of anilines is 2. The normalized spacial score (nSPS) is 14.5. The molecule has 1 aliphatic heterocycles. The van der Waals surface area contributed by atoms with Crippen LogP contribution < -0.4 is 15.5 Å². The number of nitrogens with zero attached hydrogens (tertiary/aromatic N) is 1. The Balaban J connectivity index is 1.81. The van der Waals surface area contributed by atoms with Crippen molar-refractivity contribution in [3.8, 4) is 0 Å².